The third-order valence-electron chi connectivity index (χ3n) is 2.64. The lowest BCUT2D eigenvalue weighted by Gasteiger charge is -2.22. The molecule has 0 spiro atoms. The summed E-state index contributed by atoms with van der Waals surface area (Å²) < 4.78 is 1.98. The minimum Gasteiger partial charge on any atom is -0.384 e. The van der Waals surface area contributed by atoms with Gasteiger partial charge in [0.15, 0.2) is 0 Å². The van der Waals surface area contributed by atoms with Crippen molar-refractivity contribution in [1.82, 2.24) is 9.55 Å². The summed E-state index contributed by atoms with van der Waals surface area (Å²) in [4.78, 5) is 4.21. The number of hydrogen-bond donors (Lipinski definition) is 1. The number of aryl methyl sites for hydroxylation is 1. The number of imidazole rings is 1. The molecular weight excluding hydrogens is 164 g/mol. The molecule has 1 aromatic heterocycles. The summed E-state index contributed by atoms with van der Waals surface area (Å²) in [5, 5.41) is 10.1. The molecule has 0 saturated carbocycles. The SMILES string of the molecule is CCn1cnc(C(O)(CC)CC)c1. The van der Waals surface area contributed by atoms with Crippen LogP contribution in [0.1, 0.15) is 39.3 Å². The number of aliphatic hydroxyl groups is 1. The van der Waals surface area contributed by atoms with Gasteiger partial charge >= 0.3 is 0 Å². The van der Waals surface area contributed by atoms with Gasteiger partial charge in [0, 0.05) is 12.7 Å². The summed E-state index contributed by atoms with van der Waals surface area (Å²) in [6.45, 7) is 6.92. The molecule has 1 N–H and O–H groups in total. The van der Waals surface area contributed by atoms with E-state index < -0.39 is 5.60 Å². The number of hydrogen-bond acceptors (Lipinski definition) is 2. The van der Waals surface area contributed by atoms with Crippen LogP contribution in [0.2, 0.25) is 0 Å². The first-order valence-electron chi connectivity index (χ1n) is 4.91. The minimum atomic E-state index is -0.736. The lowest BCUT2D eigenvalue weighted by Crippen LogP contribution is -2.23. The molecule has 3 heteroatoms. The van der Waals surface area contributed by atoms with Crippen molar-refractivity contribution in [2.24, 2.45) is 0 Å². The van der Waals surface area contributed by atoms with Gasteiger partial charge in [-0.15, -0.1) is 0 Å². The summed E-state index contributed by atoms with van der Waals surface area (Å²) in [6, 6.07) is 0. The molecule has 1 rings (SSSR count). The van der Waals surface area contributed by atoms with Gasteiger partial charge in [0.05, 0.1) is 12.0 Å². The topological polar surface area (TPSA) is 38.0 Å². The van der Waals surface area contributed by atoms with Gasteiger partial charge in [-0.05, 0) is 19.8 Å². The largest absolute Gasteiger partial charge is 0.384 e. The Kier molecular flexibility index (Phi) is 3.09. The van der Waals surface area contributed by atoms with Crippen molar-refractivity contribution in [3.63, 3.8) is 0 Å². The van der Waals surface area contributed by atoms with Crippen molar-refractivity contribution in [2.45, 2.75) is 45.8 Å². The first kappa shape index (κ1) is 10.3. The Hall–Kier alpha value is -0.830. The maximum Gasteiger partial charge on any atom is 0.108 e. The Balaban J connectivity index is 2.91. The van der Waals surface area contributed by atoms with Crippen LogP contribution in [0, 0.1) is 0 Å². The van der Waals surface area contributed by atoms with Crippen molar-refractivity contribution in [3.8, 4) is 0 Å². The summed E-state index contributed by atoms with van der Waals surface area (Å²) in [5.41, 5.74) is 0.0554. The lowest BCUT2D eigenvalue weighted by molar-refractivity contribution is 0.0243. The fourth-order valence-electron chi connectivity index (χ4n) is 1.39. The first-order valence-corrected chi connectivity index (χ1v) is 4.91. The molecule has 0 aliphatic rings. The first-order chi connectivity index (χ1) is 6.16. The monoisotopic (exact) mass is 182 g/mol. The molecule has 0 atom stereocenters. The van der Waals surface area contributed by atoms with E-state index in [1.165, 1.54) is 0 Å². The van der Waals surface area contributed by atoms with Crippen molar-refractivity contribution in [1.29, 1.82) is 0 Å². The number of rotatable bonds is 4. The lowest BCUT2D eigenvalue weighted by atomic mass is 9.94. The molecule has 1 heterocycles. The van der Waals surface area contributed by atoms with E-state index in [1.807, 2.05) is 24.6 Å². The Bertz CT molecular complexity index is 264. The predicted octanol–water partition coefficient (Wildman–Crippen LogP) is 1.91. The van der Waals surface area contributed by atoms with E-state index in [0.29, 0.717) is 12.8 Å². The molecule has 3 nitrogen and oxygen atoms in total. The second-order valence-electron chi connectivity index (χ2n) is 3.33. The van der Waals surface area contributed by atoms with Crippen LogP contribution in [-0.4, -0.2) is 14.7 Å². The third kappa shape index (κ3) is 1.91. The van der Waals surface area contributed by atoms with Crippen molar-refractivity contribution in [3.05, 3.63) is 18.2 Å². The smallest absolute Gasteiger partial charge is 0.108 e. The predicted molar refractivity (Wildman–Crippen MR) is 52.4 cm³/mol. The summed E-state index contributed by atoms with van der Waals surface area (Å²) in [5.74, 6) is 0. The molecule has 74 valence electrons. The van der Waals surface area contributed by atoms with Crippen LogP contribution in [0.4, 0.5) is 0 Å². The van der Waals surface area contributed by atoms with Crippen molar-refractivity contribution >= 4 is 0 Å². The standard InChI is InChI=1S/C10H18N2O/c1-4-10(13,5-2)9-7-12(6-3)8-11-9/h7-8,13H,4-6H2,1-3H3. The van der Waals surface area contributed by atoms with E-state index in [-0.39, 0.29) is 0 Å². The van der Waals surface area contributed by atoms with Crippen LogP contribution in [0.15, 0.2) is 12.5 Å². The molecule has 0 aliphatic carbocycles. The Labute approximate surface area is 79.4 Å². The molecule has 0 radical (unpaired) electrons. The summed E-state index contributed by atoms with van der Waals surface area (Å²) in [7, 11) is 0. The van der Waals surface area contributed by atoms with Crippen LogP contribution < -0.4 is 0 Å². The molecule has 13 heavy (non-hydrogen) atoms. The average molecular weight is 182 g/mol. The van der Waals surface area contributed by atoms with Crippen molar-refractivity contribution < 1.29 is 5.11 Å². The molecule has 0 fully saturated rings. The van der Waals surface area contributed by atoms with E-state index in [1.54, 1.807) is 6.33 Å². The molecule has 0 aromatic carbocycles. The highest BCUT2D eigenvalue weighted by molar-refractivity contribution is 5.08. The molecule has 0 aliphatic heterocycles. The molecule has 1 aromatic rings. The summed E-state index contributed by atoms with van der Waals surface area (Å²) >= 11 is 0. The Morgan fingerprint density at radius 1 is 1.38 bits per heavy atom. The van der Waals surface area contributed by atoms with Gasteiger partial charge < -0.3 is 9.67 Å². The molecular formula is C10H18N2O. The molecule has 0 unspecified atom stereocenters. The van der Waals surface area contributed by atoms with Crippen LogP contribution in [0.25, 0.3) is 0 Å². The van der Waals surface area contributed by atoms with Gasteiger partial charge in [-0.3, -0.25) is 0 Å². The average Bonchev–Trinajstić information content (AvgIpc) is 2.65. The van der Waals surface area contributed by atoms with E-state index in [9.17, 15) is 5.11 Å². The molecule has 0 amide bonds. The maximum atomic E-state index is 10.1. The van der Waals surface area contributed by atoms with E-state index in [4.69, 9.17) is 0 Å². The van der Waals surface area contributed by atoms with Gasteiger partial charge in [-0.1, -0.05) is 13.8 Å². The quantitative estimate of drug-likeness (QED) is 0.772. The number of nitrogens with zero attached hydrogens (tertiary/aromatic N) is 2. The fraction of sp³-hybridized carbons (Fsp3) is 0.700. The van der Waals surface area contributed by atoms with E-state index >= 15 is 0 Å². The van der Waals surface area contributed by atoms with Crippen molar-refractivity contribution in [2.75, 3.05) is 0 Å². The van der Waals surface area contributed by atoms with Crippen LogP contribution in [0.3, 0.4) is 0 Å². The van der Waals surface area contributed by atoms with Crippen LogP contribution >= 0.6 is 0 Å². The zero-order valence-corrected chi connectivity index (χ0v) is 8.62. The Morgan fingerprint density at radius 2 is 2.00 bits per heavy atom. The summed E-state index contributed by atoms with van der Waals surface area (Å²) in [6.07, 6.45) is 5.12. The highest BCUT2D eigenvalue weighted by Crippen LogP contribution is 2.26. The van der Waals surface area contributed by atoms with Crippen LogP contribution in [-0.2, 0) is 12.1 Å². The zero-order chi connectivity index (χ0) is 9.90. The fourth-order valence-corrected chi connectivity index (χ4v) is 1.39. The molecule has 0 bridgehead atoms. The highest BCUT2D eigenvalue weighted by Gasteiger charge is 2.27. The normalized spacial score (nSPS) is 12.0. The minimum absolute atomic E-state index is 0.713. The number of aromatic nitrogens is 2. The van der Waals surface area contributed by atoms with Gasteiger partial charge in [0.1, 0.15) is 5.60 Å². The Morgan fingerprint density at radius 3 is 2.38 bits per heavy atom. The zero-order valence-electron chi connectivity index (χ0n) is 8.62. The van der Waals surface area contributed by atoms with Crippen LogP contribution in [0.5, 0.6) is 0 Å². The highest BCUT2D eigenvalue weighted by atomic mass is 16.3. The second kappa shape index (κ2) is 3.92. The van der Waals surface area contributed by atoms with E-state index in [0.717, 1.165) is 12.2 Å². The van der Waals surface area contributed by atoms with Gasteiger partial charge in [0.25, 0.3) is 0 Å². The van der Waals surface area contributed by atoms with Gasteiger partial charge in [0.2, 0.25) is 0 Å². The van der Waals surface area contributed by atoms with Gasteiger partial charge in [-0.2, -0.15) is 0 Å². The van der Waals surface area contributed by atoms with E-state index in [2.05, 4.69) is 11.9 Å². The maximum absolute atomic E-state index is 10.1. The molecule has 0 saturated heterocycles. The van der Waals surface area contributed by atoms with Gasteiger partial charge in [-0.25, -0.2) is 4.98 Å². The third-order valence-corrected chi connectivity index (χ3v) is 2.64. The second-order valence-corrected chi connectivity index (χ2v) is 3.33.